The Morgan fingerprint density at radius 1 is 1.14 bits per heavy atom. The van der Waals surface area contributed by atoms with Crippen molar-refractivity contribution in [2.45, 2.75) is 18.5 Å². The predicted molar refractivity (Wildman–Crippen MR) is 113 cm³/mol. The number of aromatic nitrogens is 2. The van der Waals surface area contributed by atoms with Crippen molar-refractivity contribution in [3.05, 3.63) is 76.2 Å². The Kier molecular flexibility index (Phi) is 7.04. The number of aliphatic hydroxyl groups is 1. The molecule has 0 radical (unpaired) electrons. The monoisotopic (exact) mass is 411 g/mol. The van der Waals surface area contributed by atoms with Crippen LogP contribution in [-0.4, -0.2) is 33.3 Å². The van der Waals surface area contributed by atoms with Crippen LogP contribution in [0.4, 0.5) is 5.69 Å². The third-order valence-electron chi connectivity index (χ3n) is 4.02. The summed E-state index contributed by atoms with van der Waals surface area (Å²) in [5.74, 6) is 1.29. The highest BCUT2D eigenvalue weighted by molar-refractivity contribution is 7.99. The first-order valence-electron chi connectivity index (χ1n) is 9.01. The molecular weight excluding hydrogens is 390 g/mol. The lowest BCUT2D eigenvalue weighted by Crippen LogP contribution is -2.19. The van der Waals surface area contributed by atoms with Crippen LogP contribution in [0.15, 0.2) is 64.5 Å². The molecule has 1 aromatic heterocycles. The number of ether oxygens (including phenoxy) is 1. The molecule has 150 valence electrons. The molecule has 0 fully saturated rings. The summed E-state index contributed by atoms with van der Waals surface area (Å²) in [6, 6.07) is 16.5. The molecule has 7 nitrogen and oxygen atoms in total. The van der Waals surface area contributed by atoms with Crippen molar-refractivity contribution in [3.8, 4) is 11.5 Å². The molecular formula is C21H21N3O4S. The number of nitrogens with one attached hydrogen (secondary N) is 2. The number of rotatable bonds is 8. The molecule has 0 aliphatic heterocycles. The van der Waals surface area contributed by atoms with Crippen LogP contribution in [-0.2, 0) is 11.2 Å². The number of aromatic amines is 1. The van der Waals surface area contributed by atoms with Gasteiger partial charge in [0.05, 0.1) is 5.75 Å². The highest BCUT2D eigenvalue weighted by Crippen LogP contribution is 2.23. The SMILES string of the molecule is Cc1nc(SCC(=O)Nc2ccc(Oc3ccccc3)cc2)[nH]c(=O)c1CCO. The number of H-pyrrole nitrogens is 1. The van der Waals surface area contributed by atoms with E-state index in [4.69, 9.17) is 9.84 Å². The number of anilines is 1. The molecule has 3 rings (SSSR count). The van der Waals surface area contributed by atoms with Crippen molar-refractivity contribution in [2.75, 3.05) is 17.7 Å². The number of nitrogens with zero attached hydrogens (tertiary/aromatic N) is 1. The van der Waals surface area contributed by atoms with Gasteiger partial charge in [-0.2, -0.15) is 0 Å². The van der Waals surface area contributed by atoms with E-state index < -0.39 is 0 Å². The Bertz CT molecular complexity index is 1020. The van der Waals surface area contributed by atoms with E-state index in [0.29, 0.717) is 27.9 Å². The summed E-state index contributed by atoms with van der Waals surface area (Å²) < 4.78 is 5.72. The maximum absolute atomic E-state index is 12.2. The van der Waals surface area contributed by atoms with Crippen molar-refractivity contribution in [2.24, 2.45) is 0 Å². The zero-order valence-electron chi connectivity index (χ0n) is 15.8. The lowest BCUT2D eigenvalue weighted by atomic mass is 10.2. The Hall–Kier alpha value is -3.10. The summed E-state index contributed by atoms with van der Waals surface area (Å²) in [4.78, 5) is 31.1. The second kappa shape index (κ2) is 9.90. The number of carbonyl (C=O) groups is 1. The van der Waals surface area contributed by atoms with Gasteiger partial charge in [-0.1, -0.05) is 30.0 Å². The van der Waals surface area contributed by atoms with Gasteiger partial charge in [0.25, 0.3) is 5.56 Å². The summed E-state index contributed by atoms with van der Waals surface area (Å²) in [6.07, 6.45) is 0.254. The fraction of sp³-hybridized carbons (Fsp3) is 0.190. The fourth-order valence-corrected chi connectivity index (χ4v) is 3.33. The number of amides is 1. The van der Waals surface area contributed by atoms with Crippen molar-refractivity contribution in [3.63, 3.8) is 0 Å². The molecule has 1 amide bonds. The smallest absolute Gasteiger partial charge is 0.255 e. The van der Waals surface area contributed by atoms with Crippen LogP contribution in [0, 0.1) is 6.92 Å². The van der Waals surface area contributed by atoms with E-state index in [-0.39, 0.29) is 30.2 Å². The number of para-hydroxylation sites is 1. The summed E-state index contributed by atoms with van der Waals surface area (Å²) in [5.41, 5.74) is 1.37. The van der Waals surface area contributed by atoms with E-state index in [1.54, 1.807) is 31.2 Å². The molecule has 0 saturated heterocycles. The van der Waals surface area contributed by atoms with Gasteiger partial charge in [-0.05, 0) is 43.3 Å². The van der Waals surface area contributed by atoms with Crippen LogP contribution in [0.1, 0.15) is 11.3 Å². The number of aliphatic hydroxyl groups excluding tert-OH is 1. The minimum atomic E-state index is -0.288. The Morgan fingerprint density at radius 3 is 2.48 bits per heavy atom. The highest BCUT2D eigenvalue weighted by atomic mass is 32.2. The molecule has 3 aromatic rings. The van der Waals surface area contributed by atoms with E-state index in [0.717, 1.165) is 17.5 Å². The summed E-state index contributed by atoms with van der Waals surface area (Å²) >= 11 is 1.14. The average Bonchev–Trinajstić information content (AvgIpc) is 2.71. The van der Waals surface area contributed by atoms with Gasteiger partial charge in [-0.3, -0.25) is 9.59 Å². The molecule has 1 heterocycles. The van der Waals surface area contributed by atoms with E-state index in [2.05, 4.69) is 15.3 Å². The predicted octanol–water partition coefficient (Wildman–Crippen LogP) is 3.14. The summed E-state index contributed by atoms with van der Waals surface area (Å²) in [6.45, 7) is 1.60. The number of thioether (sulfide) groups is 1. The van der Waals surface area contributed by atoms with Gasteiger partial charge in [-0.15, -0.1) is 0 Å². The molecule has 0 bridgehead atoms. The van der Waals surface area contributed by atoms with Gasteiger partial charge in [0.2, 0.25) is 5.91 Å². The zero-order chi connectivity index (χ0) is 20.6. The van der Waals surface area contributed by atoms with Crippen LogP contribution in [0.2, 0.25) is 0 Å². The molecule has 29 heavy (non-hydrogen) atoms. The maximum Gasteiger partial charge on any atom is 0.255 e. The van der Waals surface area contributed by atoms with Crippen LogP contribution in [0.25, 0.3) is 0 Å². The largest absolute Gasteiger partial charge is 0.457 e. The van der Waals surface area contributed by atoms with E-state index in [9.17, 15) is 9.59 Å². The second-order valence-corrected chi connectivity index (χ2v) is 7.15. The van der Waals surface area contributed by atoms with Crippen LogP contribution in [0.3, 0.4) is 0 Å². The van der Waals surface area contributed by atoms with Crippen molar-refractivity contribution < 1.29 is 14.6 Å². The van der Waals surface area contributed by atoms with Crippen LogP contribution < -0.4 is 15.6 Å². The normalized spacial score (nSPS) is 10.6. The number of hydrogen-bond acceptors (Lipinski definition) is 6. The van der Waals surface area contributed by atoms with Gasteiger partial charge < -0.3 is 20.1 Å². The molecule has 2 aromatic carbocycles. The second-order valence-electron chi connectivity index (χ2n) is 6.18. The number of hydrogen-bond donors (Lipinski definition) is 3. The van der Waals surface area contributed by atoms with Crippen molar-refractivity contribution >= 4 is 23.4 Å². The minimum absolute atomic E-state index is 0.101. The molecule has 0 aliphatic rings. The van der Waals surface area contributed by atoms with Crippen molar-refractivity contribution in [1.29, 1.82) is 0 Å². The lowest BCUT2D eigenvalue weighted by Gasteiger charge is -2.08. The average molecular weight is 411 g/mol. The third-order valence-corrected chi connectivity index (χ3v) is 4.89. The lowest BCUT2D eigenvalue weighted by molar-refractivity contribution is -0.113. The molecule has 3 N–H and O–H groups in total. The van der Waals surface area contributed by atoms with Gasteiger partial charge in [-0.25, -0.2) is 4.98 Å². The molecule has 0 atom stereocenters. The Labute approximate surface area is 172 Å². The van der Waals surface area contributed by atoms with Crippen LogP contribution >= 0.6 is 11.8 Å². The third kappa shape index (κ3) is 5.94. The zero-order valence-corrected chi connectivity index (χ0v) is 16.7. The summed E-state index contributed by atoms with van der Waals surface area (Å²) in [7, 11) is 0. The quantitative estimate of drug-likeness (QED) is 0.389. The molecule has 0 aliphatic carbocycles. The Balaban J connectivity index is 1.54. The van der Waals surface area contributed by atoms with Crippen molar-refractivity contribution in [1.82, 2.24) is 9.97 Å². The van der Waals surface area contributed by atoms with E-state index >= 15 is 0 Å². The minimum Gasteiger partial charge on any atom is -0.457 e. The molecule has 0 unspecified atom stereocenters. The first-order valence-corrected chi connectivity index (χ1v) is 10.00. The molecule has 8 heteroatoms. The van der Waals surface area contributed by atoms with Crippen LogP contribution in [0.5, 0.6) is 11.5 Å². The number of aryl methyl sites for hydroxylation is 1. The number of carbonyl (C=O) groups excluding carboxylic acids is 1. The first kappa shape index (κ1) is 20.6. The van der Waals surface area contributed by atoms with Gasteiger partial charge >= 0.3 is 0 Å². The maximum atomic E-state index is 12.2. The first-order chi connectivity index (χ1) is 14.0. The Morgan fingerprint density at radius 2 is 1.83 bits per heavy atom. The van der Waals surface area contributed by atoms with Gasteiger partial charge in [0.15, 0.2) is 5.16 Å². The highest BCUT2D eigenvalue weighted by Gasteiger charge is 2.10. The summed E-state index contributed by atoms with van der Waals surface area (Å²) in [5, 5.41) is 12.2. The number of benzene rings is 2. The van der Waals surface area contributed by atoms with E-state index in [1.807, 2.05) is 30.3 Å². The molecule has 0 saturated carbocycles. The van der Waals surface area contributed by atoms with Gasteiger partial charge in [0.1, 0.15) is 11.5 Å². The fourth-order valence-electron chi connectivity index (χ4n) is 2.62. The molecule has 0 spiro atoms. The topological polar surface area (TPSA) is 104 Å². The standard InChI is InChI=1S/C21H21N3O4S/c1-14-18(11-12-25)20(27)24-21(22-14)29-13-19(26)23-15-7-9-17(10-8-15)28-16-5-3-2-4-6-16/h2-10,25H,11-13H2,1H3,(H,23,26)(H,22,24,27). The van der Waals surface area contributed by atoms with Gasteiger partial charge in [0, 0.05) is 30.0 Å². The van der Waals surface area contributed by atoms with E-state index in [1.165, 1.54) is 0 Å².